The molecule has 0 fully saturated rings. The van der Waals surface area contributed by atoms with Crippen molar-refractivity contribution in [1.82, 2.24) is 39.9 Å². The van der Waals surface area contributed by atoms with Gasteiger partial charge in [-0.1, -0.05) is 36.4 Å². The van der Waals surface area contributed by atoms with E-state index in [1.807, 2.05) is 34.7 Å². The molecule has 0 unspecified atom stereocenters. The predicted octanol–water partition coefficient (Wildman–Crippen LogP) is 6.11. The SMILES string of the molecule is COc1ccc(CN(Cc2ccc(OC)cc2)S(=O)(=O)c2c(S(=O)(=O)NC(CNC(=O)OC(C)(C)C)CNC(=O)OC(C)(C)C)ccc(I)c2-c2nnn(Cc3ccc(OC)cc3)n2)cc1. The van der Waals surface area contributed by atoms with E-state index >= 15 is 8.42 Å². The molecule has 1 heterocycles. The number of nitrogens with one attached hydrogen (secondary N) is 3. The van der Waals surface area contributed by atoms with Crippen LogP contribution >= 0.6 is 22.6 Å². The lowest BCUT2D eigenvalue weighted by atomic mass is 10.2. The molecular formula is C44H55IN8O11S2. The molecule has 0 saturated heterocycles. The van der Waals surface area contributed by atoms with Crippen molar-refractivity contribution in [1.29, 1.82) is 0 Å². The quantitative estimate of drug-likeness (QED) is 0.0793. The molecule has 0 bridgehead atoms. The zero-order valence-electron chi connectivity index (χ0n) is 38.1. The van der Waals surface area contributed by atoms with Crippen LogP contribution in [-0.4, -0.2) is 105 Å². The lowest BCUT2D eigenvalue weighted by Gasteiger charge is -2.27. The molecule has 0 aliphatic rings. The molecule has 0 aliphatic heterocycles. The van der Waals surface area contributed by atoms with Crippen molar-refractivity contribution < 1.29 is 50.1 Å². The van der Waals surface area contributed by atoms with E-state index in [0.29, 0.717) is 28.4 Å². The van der Waals surface area contributed by atoms with E-state index in [2.05, 4.69) is 30.8 Å². The van der Waals surface area contributed by atoms with Crippen molar-refractivity contribution >= 4 is 54.8 Å². The first-order valence-corrected chi connectivity index (χ1v) is 24.5. The standard InChI is InChI=1S/C44H55IN8O11S2/c1-43(2,3)63-41(54)46-24-32(25-47-42(55)64-44(4,5)6)50-65(56,57)37-23-22-36(45)38(40-48-51-53(49-40)28-31-14-20-35(62-9)21-15-31)39(37)66(58,59)52(26-29-10-16-33(60-7)17-11-29)27-30-12-18-34(61-8)19-13-30/h10-23,32,50H,24-28H2,1-9H3,(H,46,54)(H,47,55). The van der Waals surface area contributed by atoms with Gasteiger partial charge in [0.1, 0.15) is 38.2 Å². The van der Waals surface area contributed by atoms with Crippen molar-refractivity contribution in [2.75, 3.05) is 34.4 Å². The second kappa shape index (κ2) is 21.8. The number of halogens is 1. The molecular weight excluding hydrogens is 1010 g/mol. The monoisotopic (exact) mass is 1060 g/mol. The van der Waals surface area contributed by atoms with Gasteiger partial charge in [-0.25, -0.2) is 31.1 Å². The average molecular weight is 1060 g/mol. The molecule has 0 spiro atoms. The summed E-state index contributed by atoms with van der Waals surface area (Å²) in [6, 6.07) is 22.0. The Morgan fingerprint density at radius 3 is 1.55 bits per heavy atom. The van der Waals surface area contributed by atoms with E-state index in [1.165, 1.54) is 31.1 Å². The van der Waals surface area contributed by atoms with Gasteiger partial charge in [0.05, 0.1) is 39.5 Å². The Balaban J connectivity index is 1.67. The van der Waals surface area contributed by atoms with Gasteiger partial charge in [-0.3, -0.25) is 0 Å². The number of sulfonamides is 2. The minimum absolute atomic E-state index is 0.132. The van der Waals surface area contributed by atoms with Gasteiger partial charge in [0, 0.05) is 29.7 Å². The Morgan fingerprint density at radius 1 is 0.682 bits per heavy atom. The molecule has 22 heteroatoms. The third kappa shape index (κ3) is 14.5. The molecule has 66 heavy (non-hydrogen) atoms. The number of alkyl carbamates (subject to hydrolysis) is 2. The van der Waals surface area contributed by atoms with E-state index in [-0.39, 0.29) is 34.6 Å². The number of methoxy groups -OCH3 is 3. The van der Waals surface area contributed by atoms with Crippen LogP contribution in [0.2, 0.25) is 0 Å². The number of amides is 2. The number of aromatic nitrogens is 4. The molecule has 0 atom stereocenters. The largest absolute Gasteiger partial charge is 0.497 e. The summed E-state index contributed by atoms with van der Waals surface area (Å²) in [6.45, 7) is 8.87. The van der Waals surface area contributed by atoms with Gasteiger partial charge in [0.25, 0.3) is 0 Å². The fourth-order valence-corrected chi connectivity index (χ4v) is 10.7. The molecule has 0 radical (unpaired) electrons. The first-order valence-electron chi connectivity index (χ1n) is 20.5. The number of hydrogen-bond donors (Lipinski definition) is 3. The average Bonchev–Trinajstić information content (AvgIpc) is 3.71. The van der Waals surface area contributed by atoms with Gasteiger partial charge in [-0.15, -0.1) is 10.2 Å². The van der Waals surface area contributed by atoms with Crippen LogP contribution in [0.5, 0.6) is 17.2 Å². The fourth-order valence-electron chi connectivity index (χ4n) is 6.22. The number of ether oxygens (including phenoxy) is 5. The second-order valence-corrected chi connectivity index (χ2v) is 21.5. The zero-order chi connectivity index (χ0) is 48.5. The minimum Gasteiger partial charge on any atom is -0.497 e. The predicted molar refractivity (Wildman–Crippen MR) is 253 cm³/mol. The van der Waals surface area contributed by atoms with Crippen LogP contribution in [0.25, 0.3) is 11.4 Å². The van der Waals surface area contributed by atoms with Crippen molar-refractivity contribution in [2.45, 2.75) is 88.2 Å². The van der Waals surface area contributed by atoms with Gasteiger partial charge in [-0.2, -0.15) is 9.10 Å². The van der Waals surface area contributed by atoms with E-state index in [0.717, 1.165) is 9.87 Å². The number of hydrogen-bond acceptors (Lipinski definition) is 14. The first-order chi connectivity index (χ1) is 31.0. The molecule has 4 aromatic carbocycles. The van der Waals surface area contributed by atoms with Gasteiger partial charge in [-0.05, 0) is 135 Å². The van der Waals surface area contributed by atoms with Gasteiger partial charge in [0.15, 0.2) is 0 Å². The number of benzene rings is 4. The molecule has 1 aromatic heterocycles. The van der Waals surface area contributed by atoms with Gasteiger partial charge < -0.3 is 34.3 Å². The Morgan fingerprint density at radius 2 is 1.12 bits per heavy atom. The highest BCUT2D eigenvalue weighted by Crippen LogP contribution is 2.38. The summed E-state index contributed by atoms with van der Waals surface area (Å²) in [5.41, 5.74) is -0.00520. The van der Waals surface area contributed by atoms with Crippen LogP contribution in [0.1, 0.15) is 58.2 Å². The van der Waals surface area contributed by atoms with Crippen molar-refractivity contribution in [2.24, 2.45) is 0 Å². The van der Waals surface area contributed by atoms with Crippen molar-refractivity contribution in [3.63, 3.8) is 0 Å². The Hall–Kier alpha value is -5.56. The maximum atomic E-state index is 15.7. The first kappa shape index (κ1) is 51.4. The smallest absolute Gasteiger partial charge is 0.407 e. The normalized spacial score (nSPS) is 12.2. The third-order valence-electron chi connectivity index (χ3n) is 9.26. The number of nitrogens with zero attached hydrogens (tertiary/aromatic N) is 5. The molecule has 3 N–H and O–H groups in total. The number of carbonyl (C=O) groups excluding carboxylic acids is 2. The highest BCUT2D eigenvalue weighted by molar-refractivity contribution is 14.1. The van der Waals surface area contributed by atoms with Crippen molar-refractivity contribution in [3.8, 4) is 28.6 Å². The summed E-state index contributed by atoms with van der Waals surface area (Å²) < 4.78 is 91.9. The lowest BCUT2D eigenvalue weighted by molar-refractivity contribution is 0.0517. The zero-order valence-corrected chi connectivity index (χ0v) is 41.9. The van der Waals surface area contributed by atoms with Crippen LogP contribution in [0.3, 0.4) is 0 Å². The highest BCUT2D eigenvalue weighted by Gasteiger charge is 2.38. The van der Waals surface area contributed by atoms with Crippen LogP contribution in [0.4, 0.5) is 9.59 Å². The number of rotatable bonds is 19. The van der Waals surface area contributed by atoms with Gasteiger partial charge in [0.2, 0.25) is 25.9 Å². The van der Waals surface area contributed by atoms with E-state index in [1.54, 1.807) is 109 Å². The Labute approximate surface area is 399 Å². The Kier molecular flexibility index (Phi) is 17.0. The third-order valence-corrected chi connectivity index (χ3v) is 13.7. The summed E-state index contributed by atoms with van der Waals surface area (Å²) in [4.78, 5) is 25.5. The van der Waals surface area contributed by atoms with E-state index < -0.39 is 72.4 Å². The maximum Gasteiger partial charge on any atom is 0.407 e. The molecule has 19 nitrogen and oxygen atoms in total. The van der Waals surface area contributed by atoms with Crippen LogP contribution < -0.4 is 29.6 Å². The summed E-state index contributed by atoms with van der Waals surface area (Å²) >= 11 is 1.91. The molecule has 0 aliphatic carbocycles. The molecule has 5 rings (SSSR count). The van der Waals surface area contributed by atoms with Gasteiger partial charge >= 0.3 is 12.2 Å². The van der Waals surface area contributed by atoms with Crippen molar-refractivity contribution in [3.05, 3.63) is 105 Å². The minimum atomic E-state index is -4.90. The summed E-state index contributed by atoms with van der Waals surface area (Å²) in [6.07, 6.45) is -1.72. The fraction of sp³-hybridized carbons (Fsp3) is 0.386. The molecule has 0 saturated carbocycles. The van der Waals surface area contributed by atoms with Crippen LogP contribution in [0.15, 0.2) is 94.7 Å². The summed E-state index contributed by atoms with van der Waals surface area (Å²) in [5.74, 6) is 1.55. The molecule has 356 valence electrons. The molecule has 5 aromatic rings. The van der Waals surface area contributed by atoms with E-state index in [9.17, 15) is 18.0 Å². The summed E-state index contributed by atoms with van der Waals surface area (Å²) in [7, 11) is -5.22. The topological polar surface area (TPSA) is 231 Å². The number of carbonyl (C=O) groups is 2. The van der Waals surface area contributed by atoms with Crippen LogP contribution in [-0.2, 0) is 49.2 Å². The molecule has 2 amide bonds. The van der Waals surface area contributed by atoms with E-state index in [4.69, 9.17) is 23.7 Å². The maximum absolute atomic E-state index is 15.7. The summed E-state index contributed by atoms with van der Waals surface area (Å²) in [5, 5.41) is 18.1. The highest BCUT2D eigenvalue weighted by atomic mass is 127. The number of tetrazole rings is 1. The lowest BCUT2D eigenvalue weighted by Crippen LogP contribution is -2.51. The second-order valence-electron chi connectivity index (χ2n) is 16.8. The van der Waals surface area contributed by atoms with Crippen LogP contribution in [0, 0.1) is 3.57 Å². The Bertz CT molecular complexity index is 2590.